The van der Waals surface area contributed by atoms with Crippen LogP contribution in [0.2, 0.25) is 0 Å². The maximum absolute atomic E-state index is 5.26. The monoisotopic (exact) mass is 762 g/mol. The average Bonchev–Trinajstić information content (AvgIpc) is 3.81. The smallest absolute Gasteiger partial charge is 0.182 e. The lowest BCUT2D eigenvalue weighted by Crippen LogP contribution is -2.30. The number of nitrogens with zero attached hydrogens (tertiary/aromatic N) is 4. The number of fused-ring (bicyclic) bond motifs is 6. The van der Waals surface area contributed by atoms with Crippen molar-refractivity contribution in [3.8, 4) is 16.8 Å². The number of para-hydroxylation sites is 4. The van der Waals surface area contributed by atoms with Gasteiger partial charge in [-0.2, -0.15) is 0 Å². The lowest BCUT2D eigenvalue weighted by molar-refractivity contribution is 0.733. The molecule has 59 heavy (non-hydrogen) atoms. The number of allylic oxidation sites excluding steroid dienone is 6. The molecule has 0 fully saturated rings. The molecule has 1 aliphatic heterocycles. The van der Waals surface area contributed by atoms with Gasteiger partial charge in [0.05, 0.1) is 17.1 Å². The molecule has 0 radical (unpaired) electrons. The Balaban J connectivity index is 1.32. The van der Waals surface area contributed by atoms with Gasteiger partial charge in [-0.1, -0.05) is 176 Å². The van der Waals surface area contributed by atoms with Crippen LogP contribution in [0, 0.1) is 0 Å². The number of rotatable bonds is 10. The minimum absolute atomic E-state index is 0.00893. The molecule has 0 spiro atoms. The molecule has 2 N–H and O–H groups in total. The summed E-state index contributed by atoms with van der Waals surface area (Å²) < 4.78 is 2.35. The first-order chi connectivity index (χ1) is 29.2. The van der Waals surface area contributed by atoms with E-state index in [0.717, 1.165) is 78.3 Å². The Labute approximate surface area is 344 Å². The van der Waals surface area contributed by atoms with Gasteiger partial charge in [-0.15, -0.1) is 10.2 Å². The van der Waals surface area contributed by atoms with Gasteiger partial charge in [0.2, 0.25) is 0 Å². The molecule has 0 bridgehead atoms. The SMILES string of the molecule is C=C/C(=C(\C=C/C)Nc1nnc(N2c3ccccc3C3C=CC=CC32)c(Nc2ccccc2-c2ccccc2)c1-n1c2ccccc2c2ccccc21)c1ccccc1. The number of hydrogen-bond acceptors (Lipinski definition) is 5. The fourth-order valence-corrected chi connectivity index (χ4v) is 8.79. The highest BCUT2D eigenvalue weighted by molar-refractivity contribution is 6.11. The fourth-order valence-electron chi connectivity index (χ4n) is 8.79. The predicted octanol–water partition coefficient (Wildman–Crippen LogP) is 13.3. The number of benzene rings is 6. The zero-order valence-corrected chi connectivity index (χ0v) is 32.7. The van der Waals surface area contributed by atoms with Crippen LogP contribution in [-0.2, 0) is 0 Å². The Morgan fingerprint density at radius 2 is 1.32 bits per heavy atom. The summed E-state index contributed by atoms with van der Waals surface area (Å²) in [5, 5.41) is 20.6. The molecule has 2 aliphatic rings. The van der Waals surface area contributed by atoms with Crippen LogP contribution in [0.25, 0.3) is 44.2 Å². The van der Waals surface area contributed by atoms with Crippen molar-refractivity contribution in [2.75, 3.05) is 15.5 Å². The van der Waals surface area contributed by atoms with Gasteiger partial charge in [0.1, 0.15) is 11.4 Å². The zero-order chi connectivity index (χ0) is 39.7. The molecule has 8 aromatic rings. The summed E-state index contributed by atoms with van der Waals surface area (Å²) in [5.74, 6) is 1.47. The Kier molecular flexibility index (Phi) is 9.28. The molecule has 10 rings (SSSR count). The Morgan fingerprint density at radius 1 is 0.678 bits per heavy atom. The summed E-state index contributed by atoms with van der Waals surface area (Å²) in [6.07, 6.45) is 14.9. The lowest BCUT2D eigenvalue weighted by Gasteiger charge is -2.31. The van der Waals surface area contributed by atoms with Gasteiger partial charge in [-0.3, -0.25) is 0 Å². The topological polar surface area (TPSA) is 58.0 Å². The van der Waals surface area contributed by atoms with Crippen molar-refractivity contribution in [3.63, 3.8) is 0 Å². The highest BCUT2D eigenvalue weighted by atomic mass is 15.3. The van der Waals surface area contributed by atoms with Crippen LogP contribution in [0.15, 0.2) is 213 Å². The van der Waals surface area contributed by atoms with E-state index in [-0.39, 0.29) is 12.0 Å². The molecule has 3 heterocycles. The van der Waals surface area contributed by atoms with E-state index in [1.807, 2.05) is 37.3 Å². The maximum Gasteiger partial charge on any atom is 0.182 e. The third kappa shape index (κ3) is 6.22. The van der Waals surface area contributed by atoms with Crippen LogP contribution < -0.4 is 15.5 Å². The second kappa shape index (κ2) is 15.3. The van der Waals surface area contributed by atoms with Crippen molar-refractivity contribution >= 4 is 56.1 Å². The standard InChI is InChI=1S/C53H42N6/c1-3-21-44(38(4-2)36-22-7-5-8-23-36)55-52-51(58-46-32-17-12-27-40(46)41-28-13-18-33-47(41)58)50(54-45-31-16-11-26-39(45)37-24-9-6-10-25-37)53(57-56-52)59-48-34-19-14-29-42(48)43-30-15-20-35-49(43)59/h3-35,42,48H,2H2,1H3,(H2,54,55,56)/b21-3-,44-38-. The molecule has 6 heteroatoms. The zero-order valence-electron chi connectivity index (χ0n) is 32.7. The minimum Gasteiger partial charge on any atom is -0.350 e. The van der Waals surface area contributed by atoms with Gasteiger partial charge in [0.25, 0.3) is 0 Å². The summed E-state index contributed by atoms with van der Waals surface area (Å²) in [6.45, 7) is 6.30. The highest BCUT2D eigenvalue weighted by Gasteiger charge is 2.40. The first-order valence-corrected chi connectivity index (χ1v) is 20.1. The van der Waals surface area contributed by atoms with E-state index in [9.17, 15) is 0 Å². The Morgan fingerprint density at radius 3 is 2.07 bits per heavy atom. The van der Waals surface area contributed by atoms with Crippen molar-refractivity contribution in [1.82, 2.24) is 14.8 Å². The Hall–Kier alpha value is -7.70. The minimum atomic E-state index is -0.00893. The quantitative estimate of drug-likeness (QED) is 0.136. The summed E-state index contributed by atoms with van der Waals surface area (Å²) in [6, 6.07) is 55.2. The van der Waals surface area contributed by atoms with Gasteiger partial charge in [0.15, 0.2) is 11.6 Å². The summed E-state index contributed by atoms with van der Waals surface area (Å²) >= 11 is 0. The normalized spacial score (nSPS) is 16.0. The van der Waals surface area contributed by atoms with Crippen molar-refractivity contribution in [3.05, 3.63) is 224 Å². The molecule has 2 aromatic heterocycles. The van der Waals surface area contributed by atoms with Crippen LogP contribution in [0.1, 0.15) is 24.0 Å². The highest BCUT2D eigenvalue weighted by Crippen LogP contribution is 2.51. The van der Waals surface area contributed by atoms with Gasteiger partial charge >= 0.3 is 0 Å². The van der Waals surface area contributed by atoms with Gasteiger partial charge in [-0.25, -0.2) is 0 Å². The van der Waals surface area contributed by atoms with E-state index in [2.05, 4.69) is 197 Å². The van der Waals surface area contributed by atoms with Crippen molar-refractivity contribution < 1.29 is 0 Å². The average molecular weight is 763 g/mol. The lowest BCUT2D eigenvalue weighted by atomic mass is 9.91. The third-order valence-electron chi connectivity index (χ3n) is 11.4. The summed E-state index contributed by atoms with van der Waals surface area (Å²) in [4.78, 5) is 2.36. The molecule has 0 saturated carbocycles. The van der Waals surface area contributed by atoms with Gasteiger partial charge in [0, 0.05) is 44.9 Å². The number of nitrogens with one attached hydrogen (secondary N) is 2. The maximum atomic E-state index is 5.26. The largest absolute Gasteiger partial charge is 0.350 e. The van der Waals surface area contributed by atoms with E-state index < -0.39 is 0 Å². The van der Waals surface area contributed by atoms with E-state index in [0.29, 0.717) is 5.82 Å². The van der Waals surface area contributed by atoms with Crippen molar-refractivity contribution in [1.29, 1.82) is 0 Å². The molecule has 0 saturated heterocycles. The van der Waals surface area contributed by atoms with Crippen LogP contribution in [-0.4, -0.2) is 20.8 Å². The van der Waals surface area contributed by atoms with Crippen LogP contribution in [0.5, 0.6) is 0 Å². The first kappa shape index (κ1) is 35.7. The van der Waals surface area contributed by atoms with Crippen LogP contribution >= 0.6 is 0 Å². The Bertz CT molecular complexity index is 2940. The summed E-state index contributed by atoms with van der Waals surface area (Å²) in [5.41, 5.74) is 12.1. The van der Waals surface area contributed by atoms with E-state index in [1.165, 1.54) is 5.56 Å². The van der Waals surface area contributed by atoms with E-state index >= 15 is 0 Å². The molecule has 284 valence electrons. The molecule has 2 atom stereocenters. The predicted molar refractivity (Wildman–Crippen MR) is 247 cm³/mol. The molecule has 0 amide bonds. The fraction of sp³-hybridized carbons (Fsp3) is 0.0566. The van der Waals surface area contributed by atoms with E-state index in [1.54, 1.807) is 0 Å². The third-order valence-corrected chi connectivity index (χ3v) is 11.4. The summed E-state index contributed by atoms with van der Waals surface area (Å²) in [7, 11) is 0. The second-order valence-electron chi connectivity index (χ2n) is 14.7. The van der Waals surface area contributed by atoms with Crippen LogP contribution in [0.4, 0.5) is 28.7 Å². The molecule has 1 aliphatic carbocycles. The van der Waals surface area contributed by atoms with Crippen molar-refractivity contribution in [2.45, 2.75) is 18.9 Å². The van der Waals surface area contributed by atoms with Gasteiger partial charge in [-0.05, 0) is 54.0 Å². The number of hydrogen-bond donors (Lipinski definition) is 2. The van der Waals surface area contributed by atoms with Crippen LogP contribution in [0.3, 0.4) is 0 Å². The molecule has 6 nitrogen and oxygen atoms in total. The number of aromatic nitrogens is 3. The van der Waals surface area contributed by atoms with Crippen molar-refractivity contribution in [2.24, 2.45) is 0 Å². The second-order valence-corrected chi connectivity index (χ2v) is 14.7. The molecular formula is C53H42N6. The first-order valence-electron chi connectivity index (χ1n) is 20.1. The van der Waals surface area contributed by atoms with E-state index in [4.69, 9.17) is 10.2 Å². The van der Waals surface area contributed by atoms with Gasteiger partial charge < -0.3 is 20.1 Å². The number of anilines is 5. The molecule has 2 unspecified atom stereocenters. The molecule has 6 aromatic carbocycles. The molecular weight excluding hydrogens is 721 g/mol.